The fourth-order valence-corrected chi connectivity index (χ4v) is 2.88. The first-order chi connectivity index (χ1) is 12.1. The maximum atomic E-state index is 12.3. The van der Waals surface area contributed by atoms with Crippen molar-refractivity contribution >= 4 is 41.8 Å². The van der Waals surface area contributed by atoms with E-state index in [2.05, 4.69) is 15.3 Å². The Bertz CT molecular complexity index is 805. The van der Waals surface area contributed by atoms with Crippen molar-refractivity contribution in [1.82, 2.24) is 15.3 Å². The molecule has 27 heavy (non-hydrogen) atoms. The van der Waals surface area contributed by atoms with Gasteiger partial charge < -0.3 is 16.0 Å². The van der Waals surface area contributed by atoms with Crippen LogP contribution in [0.15, 0.2) is 54.6 Å². The number of nitrogens with one attached hydrogen (secondary N) is 2. The lowest BCUT2D eigenvalue weighted by atomic mass is 9.94. The largest absolute Gasteiger partial charge is 0.356 e. The predicted molar refractivity (Wildman–Crippen MR) is 114 cm³/mol. The molecular formula is C20H26Cl2N4O. The van der Waals surface area contributed by atoms with Crippen LogP contribution in [0.2, 0.25) is 0 Å². The average Bonchev–Trinajstić information content (AvgIpc) is 3.07. The minimum Gasteiger partial charge on any atom is -0.356 e. The number of halogens is 2. The molecule has 3 rings (SSSR count). The van der Waals surface area contributed by atoms with E-state index in [1.54, 1.807) is 0 Å². The number of aromatic nitrogens is 2. The van der Waals surface area contributed by atoms with E-state index in [0.717, 1.165) is 35.3 Å². The molecule has 2 unspecified atom stereocenters. The molecule has 7 heteroatoms. The lowest BCUT2D eigenvalue weighted by molar-refractivity contribution is -0.125. The molecule has 0 radical (unpaired) electrons. The number of nitrogens with two attached hydrogens (primary N) is 1. The van der Waals surface area contributed by atoms with Crippen molar-refractivity contribution in [1.29, 1.82) is 0 Å². The van der Waals surface area contributed by atoms with E-state index in [1.165, 1.54) is 0 Å². The highest BCUT2D eigenvalue weighted by Crippen LogP contribution is 2.19. The number of carbonyl (C=O) groups excluding carboxylic acids is 1. The van der Waals surface area contributed by atoms with Crippen LogP contribution in [0.5, 0.6) is 0 Å². The summed E-state index contributed by atoms with van der Waals surface area (Å²) in [4.78, 5) is 20.1. The molecule has 0 spiro atoms. The van der Waals surface area contributed by atoms with Gasteiger partial charge in [0.25, 0.3) is 0 Å². The topological polar surface area (TPSA) is 83.8 Å². The van der Waals surface area contributed by atoms with Crippen LogP contribution in [-0.2, 0) is 11.2 Å². The predicted octanol–water partition coefficient (Wildman–Crippen LogP) is 3.79. The number of aryl methyl sites for hydroxylation is 1. The van der Waals surface area contributed by atoms with Gasteiger partial charge in [-0.15, -0.1) is 24.8 Å². The number of imidazole rings is 1. The summed E-state index contributed by atoms with van der Waals surface area (Å²) in [7, 11) is 0. The summed E-state index contributed by atoms with van der Waals surface area (Å²) in [5.41, 5.74) is 9.20. The van der Waals surface area contributed by atoms with Crippen molar-refractivity contribution in [2.45, 2.75) is 25.8 Å². The van der Waals surface area contributed by atoms with Gasteiger partial charge in [-0.2, -0.15) is 0 Å². The lowest BCUT2D eigenvalue weighted by Gasteiger charge is -2.19. The van der Waals surface area contributed by atoms with Gasteiger partial charge in [-0.05, 0) is 24.1 Å². The molecule has 146 valence electrons. The van der Waals surface area contributed by atoms with E-state index in [9.17, 15) is 4.79 Å². The highest BCUT2D eigenvalue weighted by molar-refractivity contribution is 5.85. The zero-order chi connectivity index (χ0) is 17.6. The Morgan fingerprint density at radius 2 is 1.78 bits per heavy atom. The van der Waals surface area contributed by atoms with Gasteiger partial charge in [0.15, 0.2) is 0 Å². The van der Waals surface area contributed by atoms with E-state index in [-0.39, 0.29) is 42.7 Å². The SMILES string of the molecule is CC(C(=O)NCCCc1nc2ccccc2[nH]1)C(N)c1ccccc1.Cl.Cl. The summed E-state index contributed by atoms with van der Waals surface area (Å²) in [6.45, 7) is 2.48. The molecule has 2 aromatic carbocycles. The van der Waals surface area contributed by atoms with Gasteiger partial charge in [0.2, 0.25) is 5.91 Å². The number of rotatable bonds is 7. The van der Waals surface area contributed by atoms with Crippen LogP contribution < -0.4 is 11.1 Å². The van der Waals surface area contributed by atoms with Gasteiger partial charge in [0.05, 0.1) is 17.0 Å². The maximum absolute atomic E-state index is 12.3. The molecule has 5 nitrogen and oxygen atoms in total. The molecule has 2 atom stereocenters. The number of nitrogens with zero attached hydrogens (tertiary/aromatic N) is 1. The third-order valence-electron chi connectivity index (χ3n) is 4.46. The fraction of sp³-hybridized carbons (Fsp3) is 0.300. The molecular weight excluding hydrogens is 383 g/mol. The molecule has 1 amide bonds. The third-order valence-corrected chi connectivity index (χ3v) is 4.46. The number of hydrogen-bond acceptors (Lipinski definition) is 3. The molecule has 4 N–H and O–H groups in total. The number of hydrogen-bond donors (Lipinski definition) is 3. The Kier molecular flexibility index (Phi) is 9.29. The molecule has 0 saturated carbocycles. The normalized spacial score (nSPS) is 12.5. The molecule has 1 heterocycles. The van der Waals surface area contributed by atoms with E-state index in [1.807, 2.05) is 61.5 Å². The Balaban J connectivity index is 0.00000182. The number of benzene rings is 2. The number of fused-ring (bicyclic) bond motifs is 1. The van der Waals surface area contributed by atoms with Gasteiger partial charge in [0, 0.05) is 19.0 Å². The summed E-state index contributed by atoms with van der Waals surface area (Å²) in [5, 5.41) is 2.98. The van der Waals surface area contributed by atoms with Crippen LogP contribution in [0.3, 0.4) is 0 Å². The van der Waals surface area contributed by atoms with Crippen LogP contribution >= 0.6 is 24.8 Å². The Morgan fingerprint density at radius 1 is 1.11 bits per heavy atom. The highest BCUT2D eigenvalue weighted by Gasteiger charge is 2.21. The van der Waals surface area contributed by atoms with Crippen molar-refractivity contribution in [3.8, 4) is 0 Å². The summed E-state index contributed by atoms with van der Waals surface area (Å²) < 4.78 is 0. The zero-order valence-corrected chi connectivity index (χ0v) is 16.9. The quantitative estimate of drug-likeness (QED) is 0.519. The molecule has 0 saturated heterocycles. The minimum absolute atomic E-state index is 0. The van der Waals surface area contributed by atoms with E-state index >= 15 is 0 Å². The smallest absolute Gasteiger partial charge is 0.224 e. The highest BCUT2D eigenvalue weighted by atomic mass is 35.5. The Hall–Kier alpha value is -2.08. The van der Waals surface area contributed by atoms with E-state index < -0.39 is 0 Å². The Labute approximate surface area is 172 Å². The second-order valence-corrected chi connectivity index (χ2v) is 6.32. The number of para-hydroxylation sites is 2. The van der Waals surface area contributed by atoms with Gasteiger partial charge in [-0.25, -0.2) is 4.98 Å². The second kappa shape index (κ2) is 10.9. The summed E-state index contributed by atoms with van der Waals surface area (Å²) in [6.07, 6.45) is 1.63. The first kappa shape index (κ1) is 23.0. The average molecular weight is 409 g/mol. The molecule has 3 aromatic rings. The monoisotopic (exact) mass is 408 g/mol. The molecule has 0 aliphatic heterocycles. The summed E-state index contributed by atoms with van der Waals surface area (Å²) in [6, 6.07) is 17.4. The first-order valence-electron chi connectivity index (χ1n) is 8.67. The summed E-state index contributed by atoms with van der Waals surface area (Å²) in [5.74, 6) is 0.666. The number of aromatic amines is 1. The molecule has 0 aliphatic carbocycles. The fourth-order valence-electron chi connectivity index (χ4n) is 2.88. The van der Waals surface area contributed by atoms with E-state index in [0.29, 0.717) is 6.54 Å². The number of H-pyrrole nitrogens is 1. The van der Waals surface area contributed by atoms with Crippen molar-refractivity contribution in [3.63, 3.8) is 0 Å². The van der Waals surface area contributed by atoms with Crippen LogP contribution in [0, 0.1) is 5.92 Å². The van der Waals surface area contributed by atoms with Gasteiger partial charge >= 0.3 is 0 Å². The van der Waals surface area contributed by atoms with E-state index in [4.69, 9.17) is 5.73 Å². The van der Waals surface area contributed by atoms with Crippen LogP contribution in [-0.4, -0.2) is 22.4 Å². The van der Waals surface area contributed by atoms with Crippen LogP contribution in [0.1, 0.15) is 30.8 Å². The number of carbonyl (C=O) groups is 1. The number of amides is 1. The van der Waals surface area contributed by atoms with Crippen molar-refractivity contribution < 1.29 is 4.79 Å². The minimum atomic E-state index is -0.295. The second-order valence-electron chi connectivity index (χ2n) is 6.32. The van der Waals surface area contributed by atoms with Crippen molar-refractivity contribution in [3.05, 3.63) is 66.0 Å². The van der Waals surface area contributed by atoms with Crippen LogP contribution in [0.4, 0.5) is 0 Å². The molecule has 0 fully saturated rings. The standard InChI is InChI=1S/C20H24N4O.2ClH/c1-14(19(21)15-8-3-2-4-9-15)20(25)22-13-7-12-18-23-16-10-5-6-11-17(16)24-18;;/h2-6,8-11,14,19H,7,12-13,21H2,1H3,(H,22,25)(H,23,24);2*1H. The summed E-state index contributed by atoms with van der Waals surface area (Å²) >= 11 is 0. The third kappa shape index (κ3) is 5.96. The lowest BCUT2D eigenvalue weighted by Crippen LogP contribution is -2.36. The van der Waals surface area contributed by atoms with Gasteiger partial charge in [-0.1, -0.05) is 49.4 Å². The van der Waals surface area contributed by atoms with Crippen molar-refractivity contribution in [2.24, 2.45) is 11.7 Å². The van der Waals surface area contributed by atoms with Gasteiger partial charge in [-0.3, -0.25) is 4.79 Å². The first-order valence-corrected chi connectivity index (χ1v) is 8.67. The van der Waals surface area contributed by atoms with Crippen LogP contribution in [0.25, 0.3) is 11.0 Å². The Morgan fingerprint density at radius 3 is 2.48 bits per heavy atom. The molecule has 0 aliphatic rings. The maximum Gasteiger partial charge on any atom is 0.224 e. The van der Waals surface area contributed by atoms with Crippen molar-refractivity contribution in [2.75, 3.05) is 6.54 Å². The molecule has 0 bridgehead atoms. The molecule has 1 aromatic heterocycles. The van der Waals surface area contributed by atoms with Gasteiger partial charge in [0.1, 0.15) is 5.82 Å². The zero-order valence-electron chi connectivity index (χ0n) is 15.2.